The number of nitrogens with zero attached hydrogens (tertiary/aromatic N) is 2. The molecule has 1 N–H and O–H groups in total. The Morgan fingerprint density at radius 3 is 1.30 bits per heavy atom. The molecular formula is C53H66Cl2N2O10Si2. The number of carboxylic acids is 1. The van der Waals surface area contributed by atoms with E-state index in [1.54, 1.807) is 82.6 Å². The zero-order valence-electron chi connectivity index (χ0n) is 41.7. The van der Waals surface area contributed by atoms with Crippen molar-refractivity contribution < 1.29 is 47.5 Å². The molecule has 2 aliphatic rings. The Kier molecular flexibility index (Phi) is 17.9. The molecule has 2 aliphatic heterocycles. The summed E-state index contributed by atoms with van der Waals surface area (Å²) in [6.45, 7) is 22.9. The fourth-order valence-corrected chi connectivity index (χ4v) is 10.2. The number of hydrogen-bond donors (Lipinski definition) is 1. The maximum absolute atomic E-state index is 13.7. The predicted octanol–water partition coefficient (Wildman–Crippen LogP) is 11.3. The van der Waals surface area contributed by atoms with E-state index in [9.17, 15) is 33.9 Å². The summed E-state index contributed by atoms with van der Waals surface area (Å²) in [6.07, 6.45) is 1.08. The van der Waals surface area contributed by atoms with Gasteiger partial charge in [0.1, 0.15) is 0 Å². The summed E-state index contributed by atoms with van der Waals surface area (Å²) < 4.78 is 17.4. The fraction of sp³-hybridized carbons (Fsp3) is 0.434. The molecule has 0 saturated carbocycles. The topological polar surface area (TPSA) is 157 Å². The summed E-state index contributed by atoms with van der Waals surface area (Å²) in [4.78, 5) is 80.3. The Labute approximate surface area is 418 Å². The van der Waals surface area contributed by atoms with Crippen LogP contribution in [-0.4, -0.2) is 99.3 Å². The molecule has 2 amide bonds. The molecule has 0 spiro atoms. The number of carboxylic acid groups (broad SMARTS) is 1. The first-order chi connectivity index (χ1) is 32.1. The molecule has 6 rings (SSSR count). The third-order valence-electron chi connectivity index (χ3n) is 13.9. The van der Waals surface area contributed by atoms with Crippen molar-refractivity contribution in [3.05, 3.63) is 139 Å². The number of fused-ring (bicyclic) bond motifs is 2. The number of benzene rings is 4. The zero-order chi connectivity index (χ0) is 51.2. The van der Waals surface area contributed by atoms with Crippen LogP contribution in [0.2, 0.25) is 46.3 Å². The number of carbonyl (C=O) groups is 6. The maximum atomic E-state index is 13.7. The minimum atomic E-state index is -2.01. The highest BCUT2D eigenvalue weighted by atomic mass is 35.5. The number of ether oxygens (including phenoxy) is 1. The van der Waals surface area contributed by atoms with Crippen LogP contribution >= 0.6 is 23.2 Å². The third-order valence-corrected chi connectivity index (χ3v) is 23.5. The van der Waals surface area contributed by atoms with Gasteiger partial charge in [-0.1, -0.05) is 89.0 Å². The maximum Gasteiger partial charge on any atom is 0.337 e. The van der Waals surface area contributed by atoms with Crippen molar-refractivity contribution in [2.24, 2.45) is 0 Å². The molecule has 0 saturated heterocycles. The standard InChI is InChI=1S/C27H34ClNO5Si.C26H32ClNO5Si/c1-27(2,3)35(5,6)34-14-13-23-24(30)16-20-15-21(28)11-12-22(20)25(31)29(23)17-18-7-9-19(10-8-18)26(32)33-4;1-26(2,3)34(4,5)33-13-12-22-23(29)15-19-14-20(27)10-11-21(19)24(30)28(22)16-17-6-8-18(9-7-17)25(31)32/h7-12,15,23H,13-14,16-17H2,1-6H3;6-11,14,22H,12-13,15-16H2,1-5H3,(H,31,32)/t23-;22-/m11/s1. The van der Waals surface area contributed by atoms with Crippen LogP contribution in [-0.2, 0) is 49.1 Å². The molecular weight excluding hydrogens is 952 g/mol. The van der Waals surface area contributed by atoms with Crippen LogP contribution in [0.15, 0.2) is 84.9 Å². The van der Waals surface area contributed by atoms with Crippen molar-refractivity contribution in [2.45, 2.75) is 129 Å². The van der Waals surface area contributed by atoms with Gasteiger partial charge in [0.2, 0.25) is 0 Å². The number of aromatic carboxylic acids is 1. The van der Waals surface area contributed by atoms with E-state index in [1.165, 1.54) is 19.2 Å². The molecule has 0 bridgehead atoms. The summed E-state index contributed by atoms with van der Waals surface area (Å²) >= 11 is 12.3. The molecule has 2 atom stereocenters. The van der Waals surface area contributed by atoms with Crippen molar-refractivity contribution >= 4 is 75.2 Å². The first kappa shape index (κ1) is 55.0. The summed E-state index contributed by atoms with van der Waals surface area (Å²) in [5, 5.41) is 10.2. The van der Waals surface area contributed by atoms with Crippen LogP contribution in [0.3, 0.4) is 0 Å². The SMILES string of the molecule is CC(C)(C)[Si](C)(C)OCC[C@@H]1C(=O)Cc2cc(Cl)ccc2C(=O)N1Cc1ccc(C(=O)O)cc1.COC(=O)c1ccc(CN2C(=O)c3ccc(Cl)cc3CC(=O)[C@H]2CCO[Si](C)(C)C(C)(C)C)cc1. The second kappa shape index (κ2) is 22.4. The molecule has 0 aromatic heterocycles. The zero-order valence-corrected chi connectivity index (χ0v) is 45.2. The highest BCUT2D eigenvalue weighted by Gasteiger charge is 2.41. The number of esters is 1. The molecule has 2 heterocycles. The van der Waals surface area contributed by atoms with Gasteiger partial charge in [-0.15, -0.1) is 0 Å². The predicted molar refractivity (Wildman–Crippen MR) is 274 cm³/mol. The van der Waals surface area contributed by atoms with E-state index in [1.807, 2.05) is 0 Å². The van der Waals surface area contributed by atoms with Crippen molar-refractivity contribution in [3.63, 3.8) is 0 Å². The first-order valence-corrected chi connectivity index (χ1v) is 29.7. The minimum absolute atomic E-state index is 0.0365. The average Bonchev–Trinajstić information content (AvgIpc) is 3.42. The van der Waals surface area contributed by atoms with Gasteiger partial charge < -0.3 is 28.5 Å². The smallest absolute Gasteiger partial charge is 0.337 e. The molecule has 69 heavy (non-hydrogen) atoms. The number of carbonyl (C=O) groups excluding carboxylic acids is 5. The van der Waals surface area contributed by atoms with Crippen LogP contribution in [0.1, 0.15) is 118 Å². The second-order valence-electron chi connectivity index (χ2n) is 20.8. The summed E-state index contributed by atoms with van der Waals surface area (Å²) in [6, 6.07) is 22.0. The number of halogens is 2. The van der Waals surface area contributed by atoms with Gasteiger partial charge in [-0.2, -0.15) is 0 Å². The van der Waals surface area contributed by atoms with Crippen LogP contribution in [0.5, 0.6) is 0 Å². The van der Waals surface area contributed by atoms with Gasteiger partial charge >= 0.3 is 11.9 Å². The average molecular weight is 1020 g/mol. The number of hydrogen-bond acceptors (Lipinski definition) is 9. The lowest BCUT2D eigenvalue weighted by atomic mass is 10.0. The van der Waals surface area contributed by atoms with E-state index in [2.05, 4.69) is 67.7 Å². The van der Waals surface area contributed by atoms with Crippen molar-refractivity contribution in [1.29, 1.82) is 0 Å². The van der Waals surface area contributed by atoms with Crippen molar-refractivity contribution in [1.82, 2.24) is 9.80 Å². The van der Waals surface area contributed by atoms with E-state index in [0.29, 0.717) is 63.9 Å². The van der Waals surface area contributed by atoms with Crippen LogP contribution < -0.4 is 0 Å². The lowest BCUT2D eigenvalue weighted by Crippen LogP contribution is -2.46. The van der Waals surface area contributed by atoms with Gasteiger partial charge in [-0.05, 0) is 132 Å². The summed E-state index contributed by atoms with van der Waals surface area (Å²) in [5.41, 5.74) is 4.38. The quantitative estimate of drug-likeness (QED) is 0.0952. The fourth-order valence-electron chi connectivity index (χ4n) is 7.68. The number of methoxy groups -OCH3 is 1. The number of amides is 2. The Balaban J connectivity index is 0.000000258. The normalized spacial score (nSPS) is 16.8. The monoisotopic (exact) mass is 1020 g/mol. The Morgan fingerprint density at radius 1 is 0.609 bits per heavy atom. The molecule has 0 unspecified atom stereocenters. The summed E-state index contributed by atoms with van der Waals surface area (Å²) in [7, 11) is -2.69. The molecule has 4 aromatic carbocycles. The Morgan fingerprint density at radius 2 is 0.971 bits per heavy atom. The Hall–Kier alpha value is -4.97. The highest BCUT2D eigenvalue weighted by molar-refractivity contribution is 6.74. The third kappa shape index (κ3) is 13.7. The number of Topliss-reactive ketones (excluding diaryl/α,β-unsaturated/α-hetero) is 2. The van der Waals surface area contributed by atoms with Gasteiger partial charge in [0.25, 0.3) is 11.8 Å². The van der Waals surface area contributed by atoms with Gasteiger partial charge in [-0.3, -0.25) is 19.2 Å². The molecule has 0 fully saturated rings. The molecule has 16 heteroatoms. The largest absolute Gasteiger partial charge is 0.478 e. The minimum Gasteiger partial charge on any atom is -0.478 e. The molecule has 4 aromatic rings. The first-order valence-electron chi connectivity index (χ1n) is 23.2. The molecule has 370 valence electrons. The van der Waals surface area contributed by atoms with E-state index in [0.717, 1.165) is 11.1 Å². The van der Waals surface area contributed by atoms with E-state index < -0.39 is 40.7 Å². The van der Waals surface area contributed by atoms with Crippen LogP contribution in [0.25, 0.3) is 0 Å². The molecule has 0 aliphatic carbocycles. The van der Waals surface area contributed by atoms with Crippen LogP contribution in [0.4, 0.5) is 0 Å². The van der Waals surface area contributed by atoms with Gasteiger partial charge in [-0.25, -0.2) is 9.59 Å². The molecule has 0 radical (unpaired) electrons. The van der Waals surface area contributed by atoms with Gasteiger partial charge in [0.15, 0.2) is 28.2 Å². The Bertz CT molecular complexity index is 2550. The van der Waals surface area contributed by atoms with Gasteiger partial charge in [0, 0.05) is 60.3 Å². The summed E-state index contributed by atoms with van der Waals surface area (Å²) in [5.74, 6) is -1.99. The van der Waals surface area contributed by atoms with Crippen molar-refractivity contribution in [2.75, 3.05) is 20.3 Å². The number of ketones is 2. The lowest BCUT2D eigenvalue weighted by molar-refractivity contribution is -0.124. The van der Waals surface area contributed by atoms with E-state index >= 15 is 0 Å². The lowest BCUT2D eigenvalue weighted by Gasteiger charge is -2.37. The van der Waals surface area contributed by atoms with E-state index in [-0.39, 0.29) is 65.0 Å². The number of rotatable bonds is 14. The van der Waals surface area contributed by atoms with Gasteiger partial charge in [0.05, 0.1) is 30.3 Å². The molecule has 12 nitrogen and oxygen atoms in total. The van der Waals surface area contributed by atoms with Crippen molar-refractivity contribution in [3.8, 4) is 0 Å². The second-order valence-corrected chi connectivity index (χ2v) is 31.3. The van der Waals surface area contributed by atoms with E-state index in [4.69, 9.17) is 36.8 Å². The van der Waals surface area contributed by atoms with Crippen LogP contribution in [0, 0.1) is 0 Å². The highest BCUT2D eigenvalue weighted by Crippen LogP contribution is 2.38.